The molecule has 0 aliphatic carbocycles. The van der Waals surface area contributed by atoms with E-state index < -0.39 is 17.1 Å². The predicted molar refractivity (Wildman–Crippen MR) is 194 cm³/mol. The number of hydrogen-bond acceptors (Lipinski definition) is 8. The fourth-order valence-corrected chi connectivity index (χ4v) is 6.43. The first-order chi connectivity index (χ1) is 23.8. The van der Waals surface area contributed by atoms with Gasteiger partial charge in [0, 0.05) is 21.5 Å². The highest BCUT2D eigenvalue weighted by Gasteiger charge is 2.24. The third-order valence-electron chi connectivity index (χ3n) is 7.02. The van der Waals surface area contributed by atoms with Crippen molar-refractivity contribution in [2.75, 3.05) is 17.2 Å². The van der Waals surface area contributed by atoms with Gasteiger partial charge in [-0.2, -0.15) is 0 Å². The Kier molecular flexibility index (Phi) is 12.1. The van der Waals surface area contributed by atoms with Crippen LogP contribution < -0.4 is 16.0 Å². The van der Waals surface area contributed by atoms with Gasteiger partial charge in [0.2, 0.25) is 5.91 Å². The highest BCUT2D eigenvalue weighted by molar-refractivity contribution is 8.00. The van der Waals surface area contributed by atoms with Gasteiger partial charge in [-0.3, -0.25) is 19.2 Å². The molecule has 0 saturated carbocycles. The Morgan fingerprint density at radius 2 is 1.59 bits per heavy atom. The standard InChI is InChI=1S/C38H34N4O5S2/c1-3-47-33(43)23-30-24-48-38(40-30)42-37(46)34(27-11-6-4-7-12-27)49-31-16-10-15-29(22-31)39-36(45)32(21-26-19-17-25(2)18-20-26)41-35(44)28-13-8-5-9-14-28/h4-22,24,34H,3,23H2,1-2H3,(H,39,45)(H,41,44)(H,40,42,46)/b32-21-. The number of anilines is 2. The molecule has 4 aromatic carbocycles. The molecule has 0 bridgehead atoms. The quantitative estimate of drug-likeness (QED) is 0.0666. The summed E-state index contributed by atoms with van der Waals surface area (Å²) < 4.78 is 5.00. The zero-order chi connectivity index (χ0) is 34.6. The molecule has 1 heterocycles. The van der Waals surface area contributed by atoms with E-state index in [2.05, 4.69) is 20.9 Å². The number of aromatic nitrogens is 1. The van der Waals surface area contributed by atoms with Crippen LogP contribution in [0, 0.1) is 6.92 Å². The monoisotopic (exact) mass is 690 g/mol. The van der Waals surface area contributed by atoms with E-state index in [1.165, 1.54) is 23.1 Å². The molecule has 11 heteroatoms. The van der Waals surface area contributed by atoms with Crippen LogP contribution in [0.3, 0.4) is 0 Å². The number of carbonyl (C=O) groups excluding carboxylic acids is 4. The first kappa shape index (κ1) is 34.8. The number of thiazole rings is 1. The molecule has 1 atom stereocenters. The Morgan fingerprint density at radius 1 is 0.878 bits per heavy atom. The van der Waals surface area contributed by atoms with E-state index in [0.29, 0.717) is 22.1 Å². The van der Waals surface area contributed by atoms with Crippen molar-refractivity contribution in [2.45, 2.75) is 30.4 Å². The molecule has 0 saturated heterocycles. The lowest BCUT2D eigenvalue weighted by molar-refractivity contribution is -0.142. The summed E-state index contributed by atoms with van der Waals surface area (Å²) in [5, 5.41) is 9.97. The van der Waals surface area contributed by atoms with Gasteiger partial charge in [-0.1, -0.05) is 84.4 Å². The van der Waals surface area contributed by atoms with E-state index in [1.54, 1.807) is 60.8 Å². The molecule has 49 heavy (non-hydrogen) atoms. The molecule has 0 spiro atoms. The van der Waals surface area contributed by atoms with E-state index in [1.807, 2.05) is 73.7 Å². The number of carbonyl (C=O) groups is 4. The van der Waals surface area contributed by atoms with Crippen molar-refractivity contribution in [3.8, 4) is 0 Å². The number of benzene rings is 4. The molecule has 5 aromatic rings. The summed E-state index contributed by atoms with van der Waals surface area (Å²) in [7, 11) is 0. The number of amides is 3. The normalized spacial score (nSPS) is 11.7. The van der Waals surface area contributed by atoms with Gasteiger partial charge in [-0.05, 0) is 61.4 Å². The van der Waals surface area contributed by atoms with Gasteiger partial charge in [0.25, 0.3) is 11.8 Å². The second-order valence-corrected chi connectivity index (χ2v) is 12.8. The summed E-state index contributed by atoms with van der Waals surface area (Å²) in [5.41, 5.74) is 4.08. The average Bonchev–Trinajstić information content (AvgIpc) is 3.54. The second kappa shape index (κ2) is 17.0. The minimum atomic E-state index is -0.660. The van der Waals surface area contributed by atoms with E-state index >= 15 is 0 Å². The van der Waals surface area contributed by atoms with Crippen molar-refractivity contribution < 1.29 is 23.9 Å². The topological polar surface area (TPSA) is 126 Å². The maximum Gasteiger partial charge on any atom is 0.311 e. The maximum atomic E-state index is 13.6. The van der Waals surface area contributed by atoms with Crippen LogP contribution >= 0.6 is 23.1 Å². The third-order valence-corrected chi connectivity index (χ3v) is 9.07. The zero-order valence-electron chi connectivity index (χ0n) is 26.8. The number of ether oxygens (including phenoxy) is 1. The van der Waals surface area contributed by atoms with Crippen LogP contribution in [0.1, 0.15) is 44.9 Å². The van der Waals surface area contributed by atoms with E-state index in [9.17, 15) is 19.2 Å². The molecule has 5 rings (SSSR count). The maximum absolute atomic E-state index is 13.6. The number of nitrogens with zero attached hydrogens (tertiary/aromatic N) is 1. The zero-order valence-corrected chi connectivity index (χ0v) is 28.5. The molecule has 1 unspecified atom stereocenters. The van der Waals surface area contributed by atoms with Gasteiger partial charge in [-0.15, -0.1) is 23.1 Å². The molecular formula is C38H34N4O5S2. The van der Waals surface area contributed by atoms with Crippen LogP contribution in [0.25, 0.3) is 6.08 Å². The molecule has 3 amide bonds. The summed E-state index contributed by atoms with van der Waals surface area (Å²) >= 11 is 2.54. The van der Waals surface area contributed by atoms with E-state index in [0.717, 1.165) is 21.6 Å². The number of esters is 1. The Bertz CT molecular complexity index is 1940. The van der Waals surface area contributed by atoms with Crippen LogP contribution in [-0.4, -0.2) is 35.3 Å². The molecule has 0 aliphatic heterocycles. The fraction of sp³-hybridized carbons (Fsp3) is 0.132. The Morgan fingerprint density at radius 3 is 2.31 bits per heavy atom. The molecule has 0 aliphatic rings. The van der Waals surface area contributed by atoms with Gasteiger partial charge < -0.3 is 20.7 Å². The number of thioether (sulfide) groups is 1. The summed E-state index contributed by atoms with van der Waals surface area (Å²) in [4.78, 5) is 57.3. The molecular weight excluding hydrogens is 657 g/mol. The number of rotatable bonds is 13. The lowest BCUT2D eigenvalue weighted by Crippen LogP contribution is -2.30. The highest BCUT2D eigenvalue weighted by Crippen LogP contribution is 2.37. The third kappa shape index (κ3) is 10.2. The molecule has 9 nitrogen and oxygen atoms in total. The fourth-order valence-electron chi connectivity index (χ4n) is 4.63. The molecule has 0 radical (unpaired) electrons. The Labute approximate surface area is 292 Å². The smallest absolute Gasteiger partial charge is 0.311 e. The van der Waals surface area contributed by atoms with Crippen LogP contribution in [0.2, 0.25) is 0 Å². The molecule has 248 valence electrons. The number of nitrogens with one attached hydrogen (secondary N) is 3. The van der Waals surface area contributed by atoms with Crippen LogP contribution in [0.4, 0.5) is 10.8 Å². The van der Waals surface area contributed by atoms with Crippen molar-refractivity contribution in [2.24, 2.45) is 0 Å². The summed E-state index contributed by atoms with van der Waals surface area (Å²) in [6.07, 6.45) is 1.65. The highest BCUT2D eigenvalue weighted by atomic mass is 32.2. The van der Waals surface area contributed by atoms with Crippen molar-refractivity contribution in [3.63, 3.8) is 0 Å². The van der Waals surface area contributed by atoms with E-state index in [-0.39, 0.29) is 30.6 Å². The summed E-state index contributed by atoms with van der Waals surface area (Å²) in [5.74, 6) is -1.60. The SMILES string of the molecule is CCOC(=O)Cc1csc(NC(=O)C(Sc2cccc(NC(=O)/C(=C/c3ccc(C)cc3)NC(=O)c3ccccc3)c2)c2ccccc2)n1. The van der Waals surface area contributed by atoms with Gasteiger partial charge in [0.1, 0.15) is 10.9 Å². The van der Waals surface area contributed by atoms with Crippen molar-refractivity contribution in [1.82, 2.24) is 10.3 Å². The molecule has 3 N–H and O–H groups in total. The molecule has 1 aromatic heterocycles. The number of hydrogen-bond donors (Lipinski definition) is 3. The van der Waals surface area contributed by atoms with E-state index in [4.69, 9.17) is 4.74 Å². The average molecular weight is 691 g/mol. The first-order valence-electron chi connectivity index (χ1n) is 15.5. The van der Waals surface area contributed by atoms with Crippen LogP contribution in [0.5, 0.6) is 0 Å². The van der Waals surface area contributed by atoms with Crippen LogP contribution in [-0.2, 0) is 25.5 Å². The molecule has 0 fully saturated rings. The minimum absolute atomic E-state index is 0.0213. The first-order valence-corrected chi connectivity index (χ1v) is 17.2. The predicted octanol–water partition coefficient (Wildman–Crippen LogP) is 7.44. The minimum Gasteiger partial charge on any atom is -0.466 e. The van der Waals surface area contributed by atoms with Gasteiger partial charge in [0.15, 0.2) is 5.13 Å². The number of aryl methyl sites for hydroxylation is 1. The van der Waals surface area contributed by atoms with Crippen molar-refractivity contribution >= 4 is 63.7 Å². The largest absolute Gasteiger partial charge is 0.466 e. The van der Waals surface area contributed by atoms with Crippen LogP contribution in [0.15, 0.2) is 125 Å². The Hall–Kier alpha value is -5.52. The lowest BCUT2D eigenvalue weighted by Gasteiger charge is -2.17. The van der Waals surface area contributed by atoms with Gasteiger partial charge in [0.05, 0.1) is 18.7 Å². The summed E-state index contributed by atoms with van der Waals surface area (Å²) in [6.45, 7) is 3.99. The van der Waals surface area contributed by atoms with Crippen molar-refractivity contribution in [1.29, 1.82) is 0 Å². The Balaban J connectivity index is 1.34. The summed E-state index contributed by atoms with van der Waals surface area (Å²) in [6, 6.07) is 32.8. The lowest BCUT2D eigenvalue weighted by atomic mass is 10.1. The second-order valence-electron chi connectivity index (χ2n) is 10.8. The van der Waals surface area contributed by atoms with Gasteiger partial charge >= 0.3 is 5.97 Å². The van der Waals surface area contributed by atoms with Crippen molar-refractivity contribution in [3.05, 3.63) is 148 Å². The van der Waals surface area contributed by atoms with Gasteiger partial charge in [-0.25, -0.2) is 4.98 Å².